The topological polar surface area (TPSA) is 98.2 Å². The highest BCUT2D eigenvalue weighted by Crippen LogP contribution is 2.16. The molecule has 0 saturated carbocycles. The summed E-state index contributed by atoms with van der Waals surface area (Å²) in [7, 11) is 2.13. The number of nitrogens with zero attached hydrogens (tertiary/aromatic N) is 3. The Kier molecular flexibility index (Phi) is 5.97. The minimum absolute atomic E-state index is 0.0470. The molecule has 8 nitrogen and oxygen atoms in total. The third-order valence-electron chi connectivity index (χ3n) is 3.40. The summed E-state index contributed by atoms with van der Waals surface area (Å²) in [5.41, 5.74) is 0. The number of rotatable bonds is 5. The van der Waals surface area contributed by atoms with Crippen molar-refractivity contribution in [3.8, 4) is 0 Å². The fourth-order valence-electron chi connectivity index (χ4n) is 2.17. The van der Waals surface area contributed by atoms with E-state index in [1.54, 1.807) is 7.05 Å². The highest BCUT2D eigenvalue weighted by atomic mass is 32.2. The molecule has 0 aromatic rings. The Morgan fingerprint density at radius 1 is 1.24 bits per heavy atom. The second-order valence-electron chi connectivity index (χ2n) is 5.57. The van der Waals surface area contributed by atoms with Crippen LogP contribution in [0.15, 0.2) is 0 Å². The first-order valence-electron chi connectivity index (χ1n) is 6.71. The van der Waals surface area contributed by atoms with Crippen molar-refractivity contribution in [3.05, 3.63) is 0 Å². The first-order chi connectivity index (χ1) is 9.62. The molecule has 1 N–H and O–H groups in total. The molecule has 0 aromatic heterocycles. The molecule has 0 aliphatic carbocycles. The van der Waals surface area contributed by atoms with Crippen molar-refractivity contribution in [2.45, 2.75) is 12.5 Å². The van der Waals surface area contributed by atoms with Crippen LogP contribution in [0.5, 0.6) is 0 Å². The van der Waals surface area contributed by atoms with Gasteiger partial charge in [0.05, 0.1) is 24.0 Å². The second-order valence-corrected chi connectivity index (χ2v) is 7.80. The van der Waals surface area contributed by atoms with Crippen LogP contribution in [0, 0.1) is 0 Å². The van der Waals surface area contributed by atoms with E-state index in [2.05, 4.69) is 0 Å². The van der Waals surface area contributed by atoms with Gasteiger partial charge in [-0.2, -0.15) is 0 Å². The van der Waals surface area contributed by atoms with Gasteiger partial charge in [0, 0.05) is 26.7 Å². The monoisotopic (exact) mass is 321 g/mol. The Morgan fingerprint density at radius 3 is 2.38 bits per heavy atom. The quantitative estimate of drug-likeness (QED) is 0.710. The van der Waals surface area contributed by atoms with Crippen LogP contribution in [0.2, 0.25) is 0 Å². The Labute approximate surface area is 125 Å². The van der Waals surface area contributed by atoms with Gasteiger partial charge in [0.1, 0.15) is 0 Å². The second kappa shape index (κ2) is 7.08. The first-order valence-corrected chi connectivity index (χ1v) is 8.53. The number of carboxylic acid groups (broad SMARTS) is 1. The molecule has 1 rings (SSSR count). The van der Waals surface area contributed by atoms with Crippen LogP contribution in [0.25, 0.3) is 0 Å². The summed E-state index contributed by atoms with van der Waals surface area (Å²) in [6, 6.07) is -1.12. The minimum Gasteiger partial charge on any atom is -0.481 e. The van der Waals surface area contributed by atoms with Crippen molar-refractivity contribution >= 4 is 21.8 Å². The van der Waals surface area contributed by atoms with Crippen molar-refractivity contribution in [1.82, 2.24) is 14.7 Å². The van der Waals surface area contributed by atoms with E-state index in [0.29, 0.717) is 13.1 Å². The van der Waals surface area contributed by atoms with E-state index in [1.807, 2.05) is 19.0 Å². The van der Waals surface area contributed by atoms with Crippen LogP contribution >= 0.6 is 0 Å². The van der Waals surface area contributed by atoms with Gasteiger partial charge in [-0.25, -0.2) is 13.2 Å². The fraction of sp³-hybridized carbons (Fsp3) is 0.833. The van der Waals surface area contributed by atoms with Crippen molar-refractivity contribution in [2.24, 2.45) is 0 Å². The van der Waals surface area contributed by atoms with Gasteiger partial charge in [-0.15, -0.1) is 0 Å². The molecule has 0 bridgehead atoms. The van der Waals surface area contributed by atoms with Crippen molar-refractivity contribution in [1.29, 1.82) is 0 Å². The zero-order valence-electron chi connectivity index (χ0n) is 12.7. The molecule has 1 unspecified atom stereocenters. The highest BCUT2D eigenvalue weighted by molar-refractivity contribution is 7.91. The average Bonchev–Trinajstić information content (AvgIpc) is 2.33. The number of carbonyl (C=O) groups is 2. The largest absolute Gasteiger partial charge is 0.481 e. The number of amides is 2. The fourth-order valence-corrected chi connectivity index (χ4v) is 3.70. The highest BCUT2D eigenvalue weighted by Gasteiger charge is 2.36. The molecule has 122 valence electrons. The van der Waals surface area contributed by atoms with Gasteiger partial charge in [-0.3, -0.25) is 4.79 Å². The van der Waals surface area contributed by atoms with Crippen LogP contribution in [0.4, 0.5) is 4.79 Å². The number of hydrogen-bond donors (Lipinski definition) is 1. The van der Waals surface area contributed by atoms with Gasteiger partial charge in [-0.05, 0) is 14.1 Å². The molecule has 0 aromatic carbocycles. The zero-order chi connectivity index (χ0) is 16.2. The van der Waals surface area contributed by atoms with E-state index in [9.17, 15) is 18.0 Å². The zero-order valence-corrected chi connectivity index (χ0v) is 13.5. The van der Waals surface area contributed by atoms with E-state index in [4.69, 9.17) is 5.11 Å². The lowest BCUT2D eigenvalue weighted by Crippen LogP contribution is -2.55. The van der Waals surface area contributed by atoms with E-state index in [1.165, 1.54) is 9.80 Å². The summed E-state index contributed by atoms with van der Waals surface area (Å²) >= 11 is 0. The Balaban J connectivity index is 2.77. The summed E-state index contributed by atoms with van der Waals surface area (Å²) < 4.78 is 23.3. The lowest BCUT2D eigenvalue weighted by Gasteiger charge is -2.37. The standard InChI is InChI=1S/C12H23N3O5S/c1-13(2)4-5-14(3)12(18)15-6-7-21(19,20)9-10(15)8-11(16)17/h10H,4-9H2,1-3H3,(H,16,17). The third kappa shape index (κ3) is 5.50. The predicted molar refractivity (Wildman–Crippen MR) is 78.0 cm³/mol. The molecule has 1 aliphatic rings. The van der Waals surface area contributed by atoms with Gasteiger partial charge in [0.25, 0.3) is 0 Å². The SMILES string of the molecule is CN(C)CCN(C)C(=O)N1CCS(=O)(=O)CC1CC(=O)O. The molecule has 2 amide bonds. The van der Waals surface area contributed by atoms with Crippen LogP contribution < -0.4 is 0 Å². The third-order valence-corrected chi connectivity index (χ3v) is 5.09. The van der Waals surface area contributed by atoms with E-state index in [0.717, 1.165) is 0 Å². The maximum atomic E-state index is 12.4. The minimum atomic E-state index is -3.28. The molecular weight excluding hydrogens is 298 g/mol. The first kappa shape index (κ1) is 17.7. The summed E-state index contributed by atoms with van der Waals surface area (Å²) in [5, 5.41) is 8.90. The molecule has 1 aliphatic heterocycles. The smallest absolute Gasteiger partial charge is 0.320 e. The van der Waals surface area contributed by atoms with Crippen molar-refractivity contribution in [3.63, 3.8) is 0 Å². The van der Waals surface area contributed by atoms with Crippen LogP contribution in [-0.2, 0) is 14.6 Å². The maximum Gasteiger partial charge on any atom is 0.320 e. The lowest BCUT2D eigenvalue weighted by molar-refractivity contribution is -0.138. The number of urea groups is 1. The molecular formula is C12H23N3O5S. The molecule has 1 heterocycles. The number of hydrogen-bond acceptors (Lipinski definition) is 5. The molecule has 1 atom stereocenters. The molecule has 1 saturated heterocycles. The van der Waals surface area contributed by atoms with Gasteiger partial charge >= 0.3 is 12.0 Å². The number of carbonyl (C=O) groups excluding carboxylic acids is 1. The van der Waals surface area contributed by atoms with Gasteiger partial charge in [0.2, 0.25) is 0 Å². The molecule has 0 spiro atoms. The van der Waals surface area contributed by atoms with Crippen molar-refractivity contribution < 1.29 is 23.1 Å². The average molecular weight is 321 g/mol. The van der Waals surface area contributed by atoms with E-state index < -0.39 is 21.8 Å². The lowest BCUT2D eigenvalue weighted by atomic mass is 10.2. The number of sulfone groups is 1. The molecule has 9 heteroatoms. The Bertz CT molecular complexity index is 491. The van der Waals surface area contributed by atoms with Gasteiger partial charge in [-0.1, -0.05) is 0 Å². The summed E-state index contributed by atoms with van der Waals surface area (Å²) in [6.45, 7) is 1.22. The number of carboxylic acids is 1. The summed E-state index contributed by atoms with van der Waals surface area (Å²) in [5.74, 6) is -1.51. The molecule has 0 radical (unpaired) electrons. The van der Waals surface area contributed by atoms with Gasteiger partial charge < -0.3 is 19.8 Å². The summed E-state index contributed by atoms with van der Waals surface area (Å²) in [6.07, 6.45) is -0.355. The van der Waals surface area contributed by atoms with Gasteiger partial charge in [0.15, 0.2) is 9.84 Å². The van der Waals surface area contributed by atoms with Crippen molar-refractivity contribution in [2.75, 3.05) is 52.3 Å². The van der Waals surface area contributed by atoms with Crippen LogP contribution in [0.1, 0.15) is 6.42 Å². The number of aliphatic carboxylic acids is 1. The van der Waals surface area contributed by atoms with E-state index >= 15 is 0 Å². The molecule has 21 heavy (non-hydrogen) atoms. The van der Waals surface area contributed by atoms with Crippen LogP contribution in [0.3, 0.4) is 0 Å². The predicted octanol–water partition coefficient (Wildman–Crippen LogP) is -0.826. The van der Waals surface area contributed by atoms with Crippen LogP contribution in [-0.4, -0.2) is 98.5 Å². The maximum absolute atomic E-state index is 12.4. The van der Waals surface area contributed by atoms with E-state index in [-0.39, 0.29) is 30.5 Å². The Morgan fingerprint density at radius 2 is 1.86 bits per heavy atom. The normalized spacial score (nSPS) is 21.3. The Hall–Kier alpha value is -1.35. The number of likely N-dealkylation sites (N-methyl/N-ethyl adjacent to an activating group) is 2. The summed E-state index contributed by atoms with van der Waals surface area (Å²) in [4.78, 5) is 28.0. The molecule has 1 fully saturated rings.